The maximum atomic E-state index is 14.5. The van der Waals surface area contributed by atoms with Gasteiger partial charge in [0.25, 0.3) is 0 Å². The normalized spacial score (nSPS) is 11.6. The highest BCUT2D eigenvalue weighted by Gasteiger charge is 2.42. The maximum Gasteiger partial charge on any atom is 0.457 e. The van der Waals surface area contributed by atoms with E-state index in [4.69, 9.17) is 13.8 Å². The molecule has 0 bridgehead atoms. The van der Waals surface area contributed by atoms with Gasteiger partial charge in [-0.1, -0.05) is 78.9 Å². The first-order valence-corrected chi connectivity index (χ1v) is 13.5. The van der Waals surface area contributed by atoms with Crippen LogP contribution in [0.2, 0.25) is 0 Å². The van der Waals surface area contributed by atoms with Crippen molar-refractivity contribution in [3.63, 3.8) is 0 Å². The summed E-state index contributed by atoms with van der Waals surface area (Å²) >= 11 is 0. The lowest BCUT2D eigenvalue weighted by molar-refractivity contribution is -0.114. The second-order valence-electron chi connectivity index (χ2n) is 8.26. The van der Waals surface area contributed by atoms with E-state index in [2.05, 4.69) is 10.6 Å². The Morgan fingerprint density at radius 3 is 1.74 bits per heavy atom. The number of nitrogens with one attached hydrogen (secondary N) is 2. The van der Waals surface area contributed by atoms with Crippen molar-refractivity contribution in [2.75, 3.05) is 5.32 Å². The van der Waals surface area contributed by atoms with Crippen LogP contribution in [-0.4, -0.2) is 12.0 Å². The first-order chi connectivity index (χ1) is 18.4. The number of para-hydroxylation sites is 2. The Kier molecular flexibility index (Phi) is 8.80. The molecule has 0 spiro atoms. The SMILES string of the molecule is CC(=O)Nc1ccc(C(NC(=O)OCc2ccccc2)P(=O)(Oc2ccccc2)Oc2ccccc2)cc1. The van der Waals surface area contributed by atoms with Gasteiger partial charge in [-0.2, -0.15) is 0 Å². The molecule has 0 aliphatic carbocycles. The van der Waals surface area contributed by atoms with Gasteiger partial charge in [-0.3, -0.25) is 4.79 Å². The third-order valence-electron chi connectivity index (χ3n) is 5.28. The van der Waals surface area contributed by atoms with Gasteiger partial charge in [0.15, 0.2) is 5.78 Å². The van der Waals surface area contributed by atoms with Crippen LogP contribution >= 0.6 is 7.60 Å². The summed E-state index contributed by atoms with van der Waals surface area (Å²) in [7, 11) is -4.19. The minimum atomic E-state index is -4.19. The second-order valence-corrected chi connectivity index (χ2v) is 10.2. The molecule has 38 heavy (non-hydrogen) atoms. The summed E-state index contributed by atoms with van der Waals surface area (Å²) in [5.74, 6) is -0.892. The topological polar surface area (TPSA) is 103 Å². The van der Waals surface area contributed by atoms with E-state index < -0.39 is 19.5 Å². The number of hydrogen-bond donors (Lipinski definition) is 2. The third-order valence-corrected chi connectivity index (χ3v) is 7.27. The minimum Gasteiger partial charge on any atom is -0.445 e. The highest BCUT2D eigenvalue weighted by atomic mass is 31.2. The summed E-state index contributed by atoms with van der Waals surface area (Å²) < 4.78 is 31.9. The van der Waals surface area contributed by atoms with Crippen LogP contribution in [0.4, 0.5) is 10.5 Å². The number of anilines is 1. The lowest BCUT2D eigenvalue weighted by atomic mass is 10.2. The van der Waals surface area contributed by atoms with Crippen molar-refractivity contribution in [3.8, 4) is 11.5 Å². The van der Waals surface area contributed by atoms with Crippen LogP contribution in [-0.2, 0) is 20.7 Å². The van der Waals surface area contributed by atoms with Gasteiger partial charge in [-0.25, -0.2) is 9.36 Å². The number of benzene rings is 4. The van der Waals surface area contributed by atoms with Crippen molar-refractivity contribution >= 4 is 25.3 Å². The first kappa shape index (κ1) is 26.5. The highest BCUT2D eigenvalue weighted by Crippen LogP contribution is 2.59. The maximum absolute atomic E-state index is 14.5. The molecule has 8 nitrogen and oxygen atoms in total. The molecule has 0 aromatic heterocycles. The van der Waals surface area contributed by atoms with Gasteiger partial charge in [0.2, 0.25) is 5.91 Å². The van der Waals surface area contributed by atoms with Crippen LogP contribution in [0, 0.1) is 0 Å². The van der Waals surface area contributed by atoms with Crippen molar-refractivity contribution in [3.05, 3.63) is 126 Å². The van der Waals surface area contributed by atoms with E-state index in [1.807, 2.05) is 30.3 Å². The van der Waals surface area contributed by atoms with Gasteiger partial charge < -0.3 is 24.4 Å². The fourth-order valence-electron chi connectivity index (χ4n) is 3.55. The largest absolute Gasteiger partial charge is 0.457 e. The standard InChI is InChI=1S/C29H27N2O6P/c1-22(32)30-25-19-17-24(18-20-25)28(31-29(33)35-21-23-11-5-2-6-12-23)38(34,36-26-13-7-3-8-14-26)37-27-15-9-4-10-16-27/h2-20,28H,21H2,1H3,(H,30,32)(H,31,33). The number of ether oxygens (including phenoxy) is 1. The van der Waals surface area contributed by atoms with Gasteiger partial charge >= 0.3 is 13.7 Å². The molecule has 4 rings (SSSR count). The van der Waals surface area contributed by atoms with Gasteiger partial charge in [-0.05, 0) is 47.5 Å². The summed E-state index contributed by atoms with van der Waals surface area (Å²) in [4.78, 5) is 24.4. The van der Waals surface area contributed by atoms with Gasteiger partial charge in [0.1, 0.15) is 18.1 Å². The molecule has 0 saturated heterocycles. The molecule has 0 aliphatic heterocycles. The summed E-state index contributed by atoms with van der Waals surface area (Å²) in [5.41, 5.74) is 1.75. The van der Waals surface area contributed by atoms with Crippen molar-refractivity contribution in [1.82, 2.24) is 5.32 Å². The summed E-state index contributed by atoms with van der Waals surface area (Å²) in [6.07, 6.45) is -0.807. The quantitative estimate of drug-likeness (QED) is 0.216. The van der Waals surface area contributed by atoms with Crippen LogP contribution in [0.5, 0.6) is 11.5 Å². The number of amides is 2. The number of carbonyl (C=O) groups is 2. The molecule has 194 valence electrons. The fraction of sp³-hybridized carbons (Fsp3) is 0.103. The van der Waals surface area contributed by atoms with Crippen molar-refractivity contribution in [2.45, 2.75) is 19.3 Å². The summed E-state index contributed by atoms with van der Waals surface area (Å²) in [5, 5.41) is 5.37. The lowest BCUT2D eigenvalue weighted by Crippen LogP contribution is -2.31. The molecule has 4 aromatic rings. The van der Waals surface area contributed by atoms with E-state index in [-0.39, 0.29) is 12.5 Å². The zero-order valence-corrected chi connectivity index (χ0v) is 21.5. The molecule has 0 saturated carbocycles. The zero-order chi connectivity index (χ0) is 26.8. The Morgan fingerprint density at radius 1 is 0.737 bits per heavy atom. The van der Waals surface area contributed by atoms with Crippen LogP contribution in [0.25, 0.3) is 0 Å². The van der Waals surface area contributed by atoms with E-state index in [9.17, 15) is 14.2 Å². The fourth-order valence-corrected chi connectivity index (χ4v) is 5.43. The van der Waals surface area contributed by atoms with E-state index in [0.29, 0.717) is 22.7 Å². The Bertz CT molecular complexity index is 1340. The van der Waals surface area contributed by atoms with Crippen molar-refractivity contribution in [2.24, 2.45) is 0 Å². The molecule has 0 aliphatic rings. The summed E-state index contributed by atoms with van der Waals surface area (Å²) in [6, 6.07) is 32.8. The molecule has 4 aromatic carbocycles. The molecule has 0 heterocycles. The molecule has 1 atom stereocenters. The third kappa shape index (κ3) is 7.48. The second kappa shape index (κ2) is 12.6. The number of carbonyl (C=O) groups excluding carboxylic acids is 2. The van der Waals surface area contributed by atoms with Gasteiger partial charge in [0.05, 0.1) is 0 Å². The van der Waals surface area contributed by atoms with E-state index >= 15 is 0 Å². The molecule has 0 radical (unpaired) electrons. The average molecular weight is 531 g/mol. The van der Waals surface area contributed by atoms with Crippen LogP contribution < -0.4 is 19.7 Å². The zero-order valence-electron chi connectivity index (χ0n) is 20.7. The minimum absolute atomic E-state index is 0.0181. The van der Waals surface area contributed by atoms with Crippen LogP contribution in [0.3, 0.4) is 0 Å². The predicted octanol–water partition coefficient (Wildman–Crippen LogP) is 6.92. The van der Waals surface area contributed by atoms with E-state index in [1.165, 1.54) is 6.92 Å². The Labute approximate surface area is 221 Å². The number of hydrogen-bond acceptors (Lipinski definition) is 6. The molecule has 2 N–H and O–H groups in total. The number of alkyl carbamates (subject to hydrolysis) is 1. The molecule has 9 heteroatoms. The Hall–Kier alpha value is -4.55. The van der Waals surface area contributed by atoms with Crippen molar-refractivity contribution < 1.29 is 27.9 Å². The van der Waals surface area contributed by atoms with Crippen LogP contribution in [0.1, 0.15) is 23.8 Å². The average Bonchev–Trinajstić information content (AvgIpc) is 2.92. The molecule has 1 unspecified atom stereocenters. The van der Waals surface area contributed by atoms with Crippen molar-refractivity contribution in [1.29, 1.82) is 0 Å². The van der Waals surface area contributed by atoms with Gasteiger partial charge in [-0.15, -0.1) is 0 Å². The predicted molar refractivity (Wildman–Crippen MR) is 145 cm³/mol. The highest BCUT2D eigenvalue weighted by molar-refractivity contribution is 7.55. The lowest BCUT2D eigenvalue weighted by Gasteiger charge is -2.28. The van der Waals surface area contributed by atoms with E-state index in [0.717, 1.165) is 5.56 Å². The molecule has 2 amide bonds. The molecule has 0 fully saturated rings. The summed E-state index contributed by atoms with van der Waals surface area (Å²) in [6.45, 7) is 1.42. The smallest absolute Gasteiger partial charge is 0.445 e. The van der Waals surface area contributed by atoms with Crippen LogP contribution in [0.15, 0.2) is 115 Å². The Balaban J connectivity index is 1.68. The molecular weight excluding hydrogens is 503 g/mol. The van der Waals surface area contributed by atoms with Gasteiger partial charge in [0, 0.05) is 12.6 Å². The Morgan fingerprint density at radius 2 is 1.24 bits per heavy atom. The van der Waals surface area contributed by atoms with E-state index in [1.54, 1.807) is 84.9 Å². The monoisotopic (exact) mass is 530 g/mol. The number of rotatable bonds is 10. The molecular formula is C29H27N2O6P. The first-order valence-electron chi connectivity index (χ1n) is 11.8.